The average molecular weight is 381 g/mol. The third kappa shape index (κ3) is 5.13. The molecule has 0 saturated heterocycles. The van der Waals surface area contributed by atoms with Crippen LogP contribution in [0.2, 0.25) is 0 Å². The highest BCUT2D eigenvalue weighted by Gasteiger charge is 2.13. The summed E-state index contributed by atoms with van der Waals surface area (Å²) in [6.45, 7) is 2.15. The lowest BCUT2D eigenvalue weighted by Gasteiger charge is -2.07. The predicted octanol–water partition coefficient (Wildman–Crippen LogP) is 3.19. The van der Waals surface area contributed by atoms with Crippen LogP contribution in [0.1, 0.15) is 16.7 Å². The second kappa shape index (κ2) is 9.08. The molecule has 1 N–H and O–H groups in total. The fourth-order valence-electron chi connectivity index (χ4n) is 2.87. The van der Waals surface area contributed by atoms with Gasteiger partial charge in [0.15, 0.2) is 6.61 Å². The molecule has 0 bridgehead atoms. The predicted molar refractivity (Wildman–Crippen MR) is 105 cm³/mol. The molecule has 0 saturated carbocycles. The number of carbonyl (C=O) groups excluding carboxylic acids is 2. The van der Waals surface area contributed by atoms with E-state index in [0.29, 0.717) is 13.0 Å². The van der Waals surface area contributed by atoms with E-state index in [2.05, 4.69) is 5.32 Å². The Bertz CT molecular complexity index is 959. The van der Waals surface area contributed by atoms with Gasteiger partial charge in [0.25, 0.3) is 5.91 Å². The molecule has 146 valence electrons. The van der Waals surface area contributed by atoms with Crippen molar-refractivity contribution in [3.63, 3.8) is 0 Å². The van der Waals surface area contributed by atoms with Crippen molar-refractivity contribution in [2.45, 2.75) is 19.8 Å². The molecular weight excluding hydrogens is 358 g/mol. The Labute approximate surface area is 163 Å². The largest absolute Gasteiger partial charge is 0.497 e. The van der Waals surface area contributed by atoms with Crippen LogP contribution in [-0.4, -0.2) is 32.1 Å². The van der Waals surface area contributed by atoms with Crippen molar-refractivity contribution >= 4 is 22.8 Å². The molecule has 28 heavy (non-hydrogen) atoms. The van der Waals surface area contributed by atoms with Crippen molar-refractivity contribution in [1.82, 2.24) is 5.32 Å². The van der Waals surface area contributed by atoms with Crippen molar-refractivity contribution in [1.29, 1.82) is 0 Å². The molecule has 1 aromatic heterocycles. The maximum Gasteiger partial charge on any atom is 0.310 e. The topological polar surface area (TPSA) is 77.8 Å². The Hall–Kier alpha value is -3.28. The number of fused-ring (bicyclic) bond motifs is 1. The number of aryl methyl sites for hydroxylation is 1. The quantitative estimate of drug-likeness (QED) is 0.607. The summed E-state index contributed by atoms with van der Waals surface area (Å²) >= 11 is 0. The molecule has 0 atom stereocenters. The van der Waals surface area contributed by atoms with Crippen LogP contribution >= 0.6 is 0 Å². The number of ether oxygens (including phenoxy) is 2. The Morgan fingerprint density at radius 1 is 1.11 bits per heavy atom. The van der Waals surface area contributed by atoms with Crippen molar-refractivity contribution in [2.24, 2.45) is 0 Å². The van der Waals surface area contributed by atoms with E-state index in [0.717, 1.165) is 33.4 Å². The number of hydrogen-bond donors (Lipinski definition) is 1. The Balaban J connectivity index is 1.40. The van der Waals surface area contributed by atoms with E-state index in [1.165, 1.54) is 0 Å². The van der Waals surface area contributed by atoms with Gasteiger partial charge in [-0.3, -0.25) is 9.59 Å². The highest BCUT2D eigenvalue weighted by Crippen LogP contribution is 2.22. The molecule has 6 heteroatoms. The van der Waals surface area contributed by atoms with Gasteiger partial charge in [-0.1, -0.05) is 24.3 Å². The van der Waals surface area contributed by atoms with Crippen LogP contribution in [0.25, 0.3) is 11.0 Å². The molecule has 0 spiro atoms. The summed E-state index contributed by atoms with van der Waals surface area (Å²) in [5.41, 5.74) is 3.65. The minimum Gasteiger partial charge on any atom is -0.497 e. The van der Waals surface area contributed by atoms with E-state index in [9.17, 15) is 9.59 Å². The molecule has 0 unspecified atom stereocenters. The fraction of sp³-hybridized carbons (Fsp3) is 0.273. The lowest BCUT2D eigenvalue weighted by Crippen LogP contribution is -2.30. The van der Waals surface area contributed by atoms with Gasteiger partial charge in [0.2, 0.25) is 0 Å². The third-order valence-corrected chi connectivity index (χ3v) is 4.41. The van der Waals surface area contributed by atoms with E-state index in [-0.39, 0.29) is 18.9 Å². The Kier molecular flexibility index (Phi) is 6.32. The van der Waals surface area contributed by atoms with Gasteiger partial charge < -0.3 is 19.2 Å². The molecule has 0 fully saturated rings. The standard InChI is InChI=1S/C22H23NO5/c1-15-3-8-19-17(13-27-20(19)11-15)12-22(25)28-14-21(24)23-10-9-16-4-6-18(26-2)7-5-16/h3-8,11,13H,9-10,12,14H2,1-2H3,(H,23,24). The summed E-state index contributed by atoms with van der Waals surface area (Å²) in [4.78, 5) is 23.9. The van der Waals surface area contributed by atoms with Gasteiger partial charge in [0, 0.05) is 17.5 Å². The van der Waals surface area contributed by atoms with E-state index < -0.39 is 5.97 Å². The van der Waals surface area contributed by atoms with E-state index in [1.54, 1.807) is 13.4 Å². The maximum atomic E-state index is 12.0. The number of benzene rings is 2. The van der Waals surface area contributed by atoms with Crippen LogP contribution in [0.4, 0.5) is 0 Å². The van der Waals surface area contributed by atoms with Crippen LogP contribution in [0.15, 0.2) is 53.1 Å². The van der Waals surface area contributed by atoms with Gasteiger partial charge in [-0.05, 0) is 42.7 Å². The minimum absolute atomic E-state index is 0.0647. The highest BCUT2D eigenvalue weighted by molar-refractivity contribution is 5.87. The maximum absolute atomic E-state index is 12.0. The molecule has 3 aromatic rings. The van der Waals surface area contributed by atoms with Gasteiger partial charge in [0.05, 0.1) is 19.8 Å². The molecule has 3 rings (SSSR count). The number of carbonyl (C=O) groups is 2. The summed E-state index contributed by atoms with van der Waals surface area (Å²) < 4.78 is 15.7. The molecule has 2 aromatic carbocycles. The summed E-state index contributed by atoms with van der Waals surface area (Å²) in [5, 5.41) is 3.62. The fourth-order valence-corrected chi connectivity index (χ4v) is 2.87. The SMILES string of the molecule is COc1ccc(CCNC(=O)COC(=O)Cc2coc3cc(C)ccc23)cc1. The first kappa shape index (κ1) is 19.5. The van der Waals surface area contributed by atoms with Crippen LogP contribution in [0.5, 0.6) is 5.75 Å². The Morgan fingerprint density at radius 2 is 1.89 bits per heavy atom. The smallest absolute Gasteiger partial charge is 0.310 e. The lowest BCUT2D eigenvalue weighted by molar-refractivity contribution is -0.147. The van der Waals surface area contributed by atoms with Crippen molar-refractivity contribution in [2.75, 3.05) is 20.3 Å². The van der Waals surface area contributed by atoms with Crippen molar-refractivity contribution < 1.29 is 23.5 Å². The lowest BCUT2D eigenvalue weighted by atomic mass is 10.1. The zero-order chi connectivity index (χ0) is 19.9. The number of furan rings is 1. The summed E-state index contributed by atoms with van der Waals surface area (Å²) in [5.74, 6) is 0.00310. The minimum atomic E-state index is -0.464. The molecular formula is C22H23NO5. The number of rotatable bonds is 8. The summed E-state index contributed by atoms with van der Waals surface area (Å²) in [6.07, 6.45) is 2.31. The first-order valence-electron chi connectivity index (χ1n) is 9.07. The first-order chi connectivity index (χ1) is 13.5. The number of methoxy groups -OCH3 is 1. The van der Waals surface area contributed by atoms with Gasteiger partial charge in [-0.2, -0.15) is 0 Å². The molecule has 0 aliphatic rings. The van der Waals surface area contributed by atoms with Crippen molar-refractivity contribution in [3.8, 4) is 5.75 Å². The third-order valence-electron chi connectivity index (χ3n) is 4.41. The van der Waals surface area contributed by atoms with Crippen LogP contribution < -0.4 is 10.1 Å². The average Bonchev–Trinajstić information content (AvgIpc) is 3.08. The van der Waals surface area contributed by atoms with E-state index >= 15 is 0 Å². The van der Waals surface area contributed by atoms with Crippen molar-refractivity contribution in [3.05, 3.63) is 65.4 Å². The summed E-state index contributed by atoms with van der Waals surface area (Å²) in [7, 11) is 1.62. The number of amides is 1. The first-order valence-corrected chi connectivity index (χ1v) is 9.07. The number of nitrogens with one attached hydrogen (secondary N) is 1. The second-order valence-corrected chi connectivity index (χ2v) is 6.55. The van der Waals surface area contributed by atoms with Gasteiger partial charge in [-0.25, -0.2) is 0 Å². The molecule has 1 amide bonds. The van der Waals surface area contributed by atoms with Gasteiger partial charge in [0.1, 0.15) is 11.3 Å². The highest BCUT2D eigenvalue weighted by atomic mass is 16.5. The summed E-state index contributed by atoms with van der Waals surface area (Å²) in [6, 6.07) is 13.4. The monoisotopic (exact) mass is 381 g/mol. The molecule has 0 radical (unpaired) electrons. The van der Waals surface area contributed by atoms with Gasteiger partial charge in [-0.15, -0.1) is 0 Å². The van der Waals surface area contributed by atoms with Crippen LogP contribution in [0.3, 0.4) is 0 Å². The number of esters is 1. The van der Waals surface area contributed by atoms with Crippen LogP contribution in [-0.2, 0) is 27.2 Å². The molecule has 0 aliphatic carbocycles. The molecule has 6 nitrogen and oxygen atoms in total. The van der Waals surface area contributed by atoms with Crippen LogP contribution in [0, 0.1) is 6.92 Å². The zero-order valence-electron chi connectivity index (χ0n) is 16.0. The second-order valence-electron chi connectivity index (χ2n) is 6.55. The zero-order valence-corrected chi connectivity index (χ0v) is 16.0. The van der Waals surface area contributed by atoms with E-state index in [1.807, 2.05) is 49.4 Å². The number of hydrogen-bond acceptors (Lipinski definition) is 5. The Morgan fingerprint density at radius 3 is 2.64 bits per heavy atom. The normalized spacial score (nSPS) is 10.6. The molecule has 1 heterocycles. The van der Waals surface area contributed by atoms with Gasteiger partial charge >= 0.3 is 5.97 Å². The van der Waals surface area contributed by atoms with E-state index in [4.69, 9.17) is 13.9 Å². The molecule has 0 aliphatic heterocycles.